The van der Waals surface area contributed by atoms with E-state index in [1.54, 1.807) is 14.2 Å². The molecule has 0 saturated heterocycles. The van der Waals surface area contributed by atoms with Crippen molar-refractivity contribution < 1.29 is 14.3 Å². The summed E-state index contributed by atoms with van der Waals surface area (Å²) < 4.78 is 10.6. The van der Waals surface area contributed by atoms with E-state index < -0.39 is 0 Å². The summed E-state index contributed by atoms with van der Waals surface area (Å²) in [7, 11) is 3.19. The number of thioether (sulfide) groups is 1. The second kappa shape index (κ2) is 9.43. The second-order valence-corrected chi connectivity index (χ2v) is 7.48. The zero-order valence-electron chi connectivity index (χ0n) is 16.9. The molecule has 0 aliphatic heterocycles. The lowest BCUT2D eigenvalue weighted by Crippen LogP contribution is -2.15. The van der Waals surface area contributed by atoms with Crippen LogP contribution < -0.4 is 14.8 Å². The zero-order chi connectivity index (χ0) is 20.8. The molecule has 0 radical (unpaired) electrons. The van der Waals surface area contributed by atoms with Crippen LogP contribution in [0.3, 0.4) is 0 Å². The van der Waals surface area contributed by atoms with Gasteiger partial charge in [0.15, 0.2) is 11.5 Å². The number of aromatic nitrogens is 2. The van der Waals surface area contributed by atoms with Gasteiger partial charge in [-0.1, -0.05) is 29.5 Å². The van der Waals surface area contributed by atoms with Gasteiger partial charge < -0.3 is 14.8 Å². The predicted molar refractivity (Wildman–Crippen MR) is 116 cm³/mol. The number of ether oxygens (including phenoxy) is 2. The maximum absolute atomic E-state index is 12.2. The number of nitrogens with one attached hydrogen (secondary N) is 1. The first-order chi connectivity index (χ1) is 14.0. The smallest absolute Gasteiger partial charge is 0.234 e. The Kier molecular flexibility index (Phi) is 6.72. The molecular formula is C22H23N3O3S. The maximum Gasteiger partial charge on any atom is 0.234 e. The molecule has 1 N–H and O–H groups in total. The lowest BCUT2D eigenvalue weighted by atomic mass is 10.1. The highest BCUT2D eigenvalue weighted by Crippen LogP contribution is 2.31. The molecule has 0 fully saturated rings. The van der Waals surface area contributed by atoms with Gasteiger partial charge in [0.05, 0.1) is 25.7 Å². The molecule has 3 aromatic rings. The molecule has 2 aromatic carbocycles. The maximum atomic E-state index is 12.2. The summed E-state index contributed by atoms with van der Waals surface area (Å²) in [4.78, 5) is 12.2. The van der Waals surface area contributed by atoms with E-state index in [-0.39, 0.29) is 11.7 Å². The van der Waals surface area contributed by atoms with Crippen LogP contribution >= 0.6 is 11.8 Å². The van der Waals surface area contributed by atoms with E-state index in [1.165, 1.54) is 17.3 Å². The number of carbonyl (C=O) groups excluding carboxylic acids is 1. The summed E-state index contributed by atoms with van der Waals surface area (Å²) in [6, 6.07) is 15.3. The Morgan fingerprint density at radius 3 is 2.41 bits per heavy atom. The highest BCUT2D eigenvalue weighted by molar-refractivity contribution is 7.99. The molecule has 150 valence electrons. The third-order valence-corrected chi connectivity index (χ3v) is 5.25. The average Bonchev–Trinajstić information content (AvgIpc) is 2.74. The Morgan fingerprint density at radius 1 is 0.966 bits per heavy atom. The average molecular weight is 410 g/mol. The monoisotopic (exact) mass is 409 g/mol. The van der Waals surface area contributed by atoms with Gasteiger partial charge in [0.25, 0.3) is 0 Å². The molecule has 0 aliphatic rings. The first-order valence-electron chi connectivity index (χ1n) is 9.06. The van der Waals surface area contributed by atoms with Crippen molar-refractivity contribution in [1.82, 2.24) is 10.2 Å². The van der Waals surface area contributed by atoms with Crippen molar-refractivity contribution in [1.29, 1.82) is 0 Å². The van der Waals surface area contributed by atoms with E-state index >= 15 is 0 Å². The number of hydrogen-bond donors (Lipinski definition) is 1. The number of carbonyl (C=O) groups is 1. The molecule has 29 heavy (non-hydrogen) atoms. The fraction of sp³-hybridized carbons (Fsp3) is 0.227. The molecule has 0 bridgehead atoms. The van der Waals surface area contributed by atoms with E-state index in [9.17, 15) is 4.79 Å². The number of methoxy groups -OCH3 is 2. The summed E-state index contributed by atoms with van der Waals surface area (Å²) in [5.41, 5.74) is 4.63. The Bertz CT molecular complexity index is 1010. The lowest BCUT2D eigenvalue weighted by molar-refractivity contribution is -0.113. The minimum Gasteiger partial charge on any atom is -0.493 e. The summed E-state index contributed by atoms with van der Waals surface area (Å²) >= 11 is 1.34. The molecule has 0 atom stereocenters. The lowest BCUT2D eigenvalue weighted by Gasteiger charge is -2.10. The summed E-state index contributed by atoms with van der Waals surface area (Å²) in [6.45, 7) is 4.01. The van der Waals surface area contributed by atoms with Gasteiger partial charge in [0.1, 0.15) is 5.03 Å². The summed E-state index contributed by atoms with van der Waals surface area (Å²) in [6.07, 6.45) is 0. The first kappa shape index (κ1) is 20.7. The second-order valence-electron chi connectivity index (χ2n) is 6.48. The standard InChI is InChI=1S/C22H23N3O3S/c1-14-5-7-17(15(2)11-14)23-21(26)13-29-22-10-8-18(24-25-22)16-6-9-19(27-3)20(12-16)28-4/h5-12H,13H2,1-4H3,(H,23,26). The first-order valence-corrected chi connectivity index (χ1v) is 10.0. The number of rotatable bonds is 7. The normalized spacial score (nSPS) is 10.5. The highest BCUT2D eigenvalue weighted by atomic mass is 32.2. The van der Waals surface area contributed by atoms with E-state index in [4.69, 9.17) is 9.47 Å². The molecule has 0 unspecified atom stereocenters. The van der Waals surface area contributed by atoms with Crippen molar-refractivity contribution in [3.63, 3.8) is 0 Å². The van der Waals surface area contributed by atoms with Gasteiger partial charge in [0, 0.05) is 11.3 Å². The van der Waals surface area contributed by atoms with Gasteiger partial charge in [-0.2, -0.15) is 0 Å². The minimum absolute atomic E-state index is 0.0762. The molecule has 1 heterocycles. The van der Waals surface area contributed by atoms with Crippen LogP contribution in [0.1, 0.15) is 11.1 Å². The van der Waals surface area contributed by atoms with Crippen molar-refractivity contribution in [3.8, 4) is 22.8 Å². The molecule has 3 rings (SSSR count). The fourth-order valence-electron chi connectivity index (χ4n) is 2.83. The van der Waals surface area contributed by atoms with E-state index in [2.05, 4.69) is 15.5 Å². The third kappa shape index (κ3) is 5.26. The Morgan fingerprint density at radius 2 is 1.76 bits per heavy atom. The molecule has 1 amide bonds. The number of amides is 1. The van der Waals surface area contributed by atoms with E-state index in [1.807, 2.05) is 62.4 Å². The summed E-state index contributed by atoms with van der Waals surface area (Å²) in [5.74, 6) is 1.48. The molecule has 0 aliphatic carbocycles. The summed E-state index contributed by atoms with van der Waals surface area (Å²) in [5, 5.41) is 12.1. The third-order valence-electron chi connectivity index (χ3n) is 4.33. The SMILES string of the molecule is COc1ccc(-c2ccc(SCC(=O)Nc3ccc(C)cc3C)nn2)cc1OC. The topological polar surface area (TPSA) is 73.3 Å². The van der Waals surface area contributed by atoms with E-state index in [0.717, 1.165) is 22.5 Å². The van der Waals surface area contributed by atoms with Crippen LogP contribution in [0, 0.1) is 13.8 Å². The van der Waals surface area contributed by atoms with Gasteiger partial charge in [0.2, 0.25) is 5.91 Å². The van der Waals surface area contributed by atoms with Crippen molar-refractivity contribution in [2.45, 2.75) is 18.9 Å². The Balaban J connectivity index is 1.61. The van der Waals surface area contributed by atoms with Crippen molar-refractivity contribution >= 4 is 23.4 Å². The van der Waals surface area contributed by atoms with Gasteiger partial charge >= 0.3 is 0 Å². The highest BCUT2D eigenvalue weighted by Gasteiger charge is 2.10. The van der Waals surface area contributed by atoms with Crippen LogP contribution in [0.2, 0.25) is 0 Å². The van der Waals surface area contributed by atoms with E-state index in [0.29, 0.717) is 16.5 Å². The van der Waals surface area contributed by atoms with Gasteiger partial charge in [-0.15, -0.1) is 10.2 Å². The van der Waals surface area contributed by atoms with Crippen LogP contribution in [0.5, 0.6) is 11.5 Å². The number of nitrogens with zero attached hydrogens (tertiary/aromatic N) is 2. The molecule has 0 spiro atoms. The Labute approximate surface area is 174 Å². The van der Waals surface area contributed by atoms with Crippen molar-refractivity contribution in [2.75, 3.05) is 25.3 Å². The minimum atomic E-state index is -0.0762. The largest absolute Gasteiger partial charge is 0.493 e. The van der Waals surface area contributed by atoms with Gasteiger partial charge in [-0.05, 0) is 55.8 Å². The Hall–Kier alpha value is -3.06. The van der Waals surface area contributed by atoms with Crippen LogP contribution in [0.25, 0.3) is 11.3 Å². The molecule has 7 heteroatoms. The van der Waals surface area contributed by atoms with Crippen molar-refractivity contribution in [3.05, 3.63) is 59.7 Å². The van der Waals surface area contributed by atoms with Crippen LogP contribution in [-0.2, 0) is 4.79 Å². The number of benzene rings is 2. The molecule has 0 saturated carbocycles. The molecular weight excluding hydrogens is 386 g/mol. The molecule has 1 aromatic heterocycles. The zero-order valence-corrected chi connectivity index (χ0v) is 17.7. The van der Waals surface area contributed by atoms with Crippen LogP contribution in [-0.4, -0.2) is 36.1 Å². The fourth-order valence-corrected chi connectivity index (χ4v) is 3.44. The van der Waals surface area contributed by atoms with Crippen LogP contribution in [0.15, 0.2) is 53.6 Å². The van der Waals surface area contributed by atoms with Gasteiger partial charge in [-0.25, -0.2) is 0 Å². The van der Waals surface area contributed by atoms with Gasteiger partial charge in [-0.3, -0.25) is 4.79 Å². The van der Waals surface area contributed by atoms with Crippen LogP contribution in [0.4, 0.5) is 5.69 Å². The number of aryl methyl sites for hydroxylation is 2. The quantitative estimate of drug-likeness (QED) is 0.579. The number of anilines is 1. The van der Waals surface area contributed by atoms with Crippen molar-refractivity contribution in [2.24, 2.45) is 0 Å². The predicted octanol–water partition coefficient (Wildman–Crippen LogP) is 4.51. The number of hydrogen-bond acceptors (Lipinski definition) is 6. The molecule has 6 nitrogen and oxygen atoms in total.